The molecule has 0 saturated heterocycles. The second kappa shape index (κ2) is 6.85. The molecule has 0 unspecified atom stereocenters. The molecule has 2 aromatic heterocycles. The third-order valence-corrected chi connectivity index (χ3v) is 5.18. The zero-order valence-electron chi connectivity index (χ0n) is 15.5. The smallest absolute Gasteiger partial charge is 0.249 e. The number of aryl methyl sites for hydroxylation is 2. The second-order valence-corrected chi connectivity index (χ2v) is 7.53. The molecule has 0 aliphatic heterocycles. The molecule has 3 aromatic rings. The second-order valence-electron chi connectivity index (χ2n) is 7.10. The molecule has 1 aromatic carbocycles. The number of hydrogen-bond acceptors (Lipinski definition) is 4. The Hall–Kier alpha value is -2.60. The maximum Gasteiger partial charge on any atom is 0.249 e. The van der Waals surface area contributed by atoms with E-state index in [2.05, 4.69) is 15.5 Å². The molecule has 140 valence electrons. The van der Waals surface area contributed by atoms with Gasteiger partial charge in [-0.3, -0.25) is 4.79 Å². The Kier molecular flexibility index (Phi) is 4.52. The van der Waals surface area contributed by atoms with Gasteiger partial charge in [-0.05, 0) is 57.4 Å². The minimum absolute atomic E-state index is 0.113. The van der Waals surface area contributed by atoms with Crippen LogP contribution in [-0.2, 0) is 11.3 Å². The highest BCUT2D eigenvalue weighted by Gasteiger charge is 2.30. The van der Waals surface area contributed by atoms with E-state index in [0.29, 0.717) is 22.7 Å². The number of anilines is 1. The summed E-state index contributed by atoms with van der Waals surface area (Å²) in [6.07, 6.45) is 2.23. The van der Waals surface area contributed by atoms with Gasteiger partial charge >= 0.3 is 0 Å². The maximum absolute atomic E-state index is 12.6. The van der Waals surface area contributed by atoms with Crippen LogP contribution in [0.1, 0.15) is 41.6 Å². The van der Waals surface area contributed by atoms with Crippen LogP contribution in [0.25, 0.3) is 11.5 Å². The quantitative estimate of drug-likeness (QED) is 0.695. The molecular weight excluding hydrogens is 364 g/mol. The first kappa shape index (κ1) is 17.8. The van der Waals surface area contributed by atoms with Crippen molar-refractivity contribution in [2.45, 2.75) is 46.1 Å². The van der Waals surface area contributed by atoms with Gasteiger partial charge in [0.2, 0.25) is 17.7 Å². The number of carbonyl (C=O) groups excluding carboxylic acids is 1. The van der Waals surface area contributed by atoms with Gasteiger partial charge in [0.15, 0.2) is 0 Å². The highest BCUT2D eigenvalue weighted by Crippen LogP contribution is 2.40. The van der Waals surface area contributed by atoms with E-state index in [1.165, 1.54) is 0 Å². The lowest BCUT2D eigenvalue weighted by Crippen LogP contribution is -2.20. The summed E-state index contributed by atoms with van der Waals surface area (Å²) < 4.78 is 7.77. The summed E-state index contributed by atoms with van der Waals surface area (Å²) in [5, 5.41) is 11.9. The van der Waals surface area contributed by atoms with Crippen molar-refractivity contribution in [3.63, 3.8) is 0 Å². The Morgan fingerprint density at radius 1 is 1.26 bits per heavy atom. The lowest BCUT2D eigenvalue weighted by molar-refractivity contribution is -0.116. The molecule has 7 heteroatoms. The van der Waals surface area contributed by atoms with E-state index < -0.39 is 0 Å². The average molecular weight is 385 g/mol. The van der Waals surface area contributed by atoms with Crippen LogP contribution in [0.4, 0.5) is 5.69 Å². The molecule has 1 saturated carbocycles. The van der Waals surface area contributed by atoms with E-state index in [0.717, 1.165) is 41.0 Å². The number of hydrogen-bond donors (Lipinski definition) is 1. The van der Waals surface area contributed by atoms with Crippen LogP contribution in [0, 0.1) is 20.8 Å². The fraction of sp³-hybridized carbons (Fsp3) is 0.350. The Morgan fingerprint density at radius 3 is 2.78 bits per heavy atom. The minimum atomic E-state index is -0.113. The van der Waals surface area contributed by atoms with Crippen molar-refractivity contribution in [3.05, 3.63) is 52.1 Å². The normalized spacial score (nSPS) is 13.8. The number of carbonyl (C=O) groups is 1. The number of rotatable bonds is 5. The minimum Gasteiger partial charge on any atom is -0.420 e. The molecule has 6 nitrogen and oxygen atoms in total. The fourth-order valence-electron chi connectivity index (χ4n) is 3.16. The number of amides is 1. The van der Waals surface area contributed by atoms with Gasteiger partial charge in [0.05, 0.1) is 5.56 Å². The monoisotopic (exact) mass is 384 g/mol. The standard InChI is InChI=1S/C20H21ClN4O2/c1-11-4-7-15(21)9-17(11)22-18(26)10-25-12(2)8-16(13(25)3)20-24-23-19(27-20)14-5-6-14/h4,7-9,14H,5-6,10H2,1-3H3,(H,22,26). The summed E-state index contributed by atoms with van der Waals surface area (Å²) in [6.45, 7) is 6.06. The van der Waals surface area contributed by atoms with Crippen LogP contribution in [0.3, 0.4) is 0 Å². The molecule has 1 aliphatic rings. The molecule has 0 atom stereocenters. The summed E-state index contributed by atoms with van der Waals surface area (Å²) in [4.78, 5) is 12.6. The van der Waals surface area contributed by atoms with Gasteiger partial charge in [0.25, 0.3) is 0 Å². The summed E-state index contributed by atoms with van der Waals surface area (Å²) in [5.74, 6) is 1.53. The average Bonchev–Trinajstić information content (AvgIpc) is 3.30. The molecule has 1 aliphatic carbocycles. The van der Waals surface area contributed by atoms with E-state index >= 15 is 0 Å². The predicted molar refractivity (Wildman–Crippen MR) is 104 cm³/mol. The molecule has 2 heterocycles. The molecule has 0 radical (unpaired) electrons. The van der Waals surface area contributed by atoms with Gasteiger partial charge in [-0.2, -0.15) is 0 Å². The fourth-order valence-corrected chi connectivity index (χ4v) is 3.33. The Balaban J connectivity index is 1.54. The highest BCUT2D eigenvalue weighted by atomic mass is 35.5. The molecule has 1 fully saturated rings. The first-order valence-electron chi connectivity index (χ1n) is 8.99. The lowest BCUT2D eigenvalue weighted by Gasteiger charge is -2.12. The molecule has 4 rings (SSSR count). The third-order valence-electron chi connectivity index (χ3n) is 4.95. The van der Waals surface area contributed by atoms with E-state index in [9.17, 15) is 4.79 Å². The van der Waals surface area contributed by atoms with Crippen molar-refractivity contribution in [2.24, 2.45) is 0 Å². The van der Waals surface area contributed by atoms with Gasteiger partial charge in [-0.15, -0.1) is 10.2 Å². The Bertz CT molecular complexity index is 1020. The first-order valence-corrected chi connectivity index (χ1v) is 9.36. The number of benzene rings is 1. The molecule has 0 bridgehead atoms. The lowest BCUT2D eigenvalue weighted by atomic mass is 10.2. The number of nitrogens with zero attached hydrogens (tertiary/aromatic N) is 3. The van der Waals surface area contributed by atoms with Gasteiger partial charge in [-0.25, -0.2) is 0 Å². The zero-order chi connectivity index (χ0) is 19.1. The summed E-state index contributed by atoms with van der Waals surface area (Å²) in [5.41, 5.74) is 4.45. The number of halogens is 1. The van der Waals surface area contributed by atoms with Crippen LogP contribution in [-0.4, -0.2) is 20.7 Å². The van der Waals surface area contributed by atoms with Crippen molar-refractivity contribution in [1.29, 1.82) is 0 Å². The topological polar surface area (TPSA) is 73.0 Å². The van der Waals surface area contributed by atoms with Crippen LogP contribution in [0.2, 0.25) is 5.02 Å². The van der Waals surface area contributed by atoms with E-state index in [1.54, 1.807) is 12.1 Å². The molecule has 27 heavy (non-hydrogen) atoms. The van der Waals surface area contributed by atoms with Crippen molar-refractivity contribution in [2.75, 3.05) is 5.32 Å². The van der Waals surface area contributed by atoms with Gasteiger partial charge in [-0.1, -0.05) is 17.7 Å². The largest absolute Gasteiger partial charge is 0.420 e. The SMILES string of the molecule is Cc1ccc(Cl)cc1NC(=O)Cn1c(C)cc(-c2nnc(C3CC3)o2)c1C. The molecule has 1 amide bonds. The van der Waals surface area contributed by atoms with E-state index in [4.69, 9.17) is 16.0 Å². The summed E-state index contributed by atoms with van der Waals surface area (Å²) in [6, 6.07) is 7.43. The van der Waals surface area contributed by atoms with Crippen molar-refractivity contribution in [1.82, 2.24) is 14.8 Å². The summed E-state index contributed by atoms with van der Waals surface area (Å²) >= 11 is 6.03. The Labute approximate surface area is 162 Å². The highest BCUT2D eigenvalue weighted by molar-refractivity contribution is 6.31. The zero-order valence-corrected chi connectivity index (χ0v) is 16.3. The molecule has 1 N–H and O–H groups in total. The van der Waals surface area contributed by atoms with Crippen LogP contribution >= 0.6 is 11.6 Å². The van der Waals surface area contributed by atoms with Gasteiger partial charge in [0.1, 0.15) is 6.54 Å². The van der Waals surface area contributed by atoms with Crippen LogP contribution in [0.5, 0.6) is 0 Å². The van der Waals surface area contributed by atoms with E-state index in [1.807, 2.05) is 37.5 Å². The first-order chi connectivity index (χ1) is 12.9. The third kappa shape index (κ3) is 3.62. The van der Waals surface area contributed by atoms with Crippen LogP contribution < -0.4 is 5.32 Å². The van der Waals surface area contributed by atoms with Crippen molar-refractivity contribution in [3.8, 4) is 11.5 Å². The van der Waals surface area contributed by atoms with Crippen molar-refractivity contribution < 1.29 is 9.21 Å². The van der Waals surface area contributed by atoms with E-state index in [-0.39, 0.29) is 12.5 Å². The van der Waals surface area contributed by atoms with Crippen molar-refractivity contribution >= 4 is 23.2 Å². The maximum atomic E-state index is 12.6. The Morgan fingerprint density at radius 2 is 2.04 bits per heavy atom. The molecule has 0 spiro atoms. The number of aromatic nitrogens is 3. The van der Waals surface area contributed by atoms with Gasteiger partial charge < -0.3 is 14.3 Å². The van der Waals surface area contributed by atoms with Gasteiger partial charge in [0, 0.05) is 28.0 Å². The summed E-state index contributed by atoms with van der Waals surface area (Å²) in [7, 11) is 0. The molecular formula is C20H21ClN4O2. The van der Waals surface area contributed by atoms with Crippen LogP contribution in [0.15, 0.2) is 28.7 Å². The number of nitrogens with one attached hydrogen (secondary N) is 1. The predicted octanol–water partition coefficient (Wildman–Crippen LogP) is 4.63.